The quantitative estimate of drug-likeness (QED) is 0.668. The lowest BCUT2D eigenvalue weighted by Crippen LogP contribution is -2.46. The van der Waals surface area contributed by atoms with Crippen LogP contribution in [0.2, 0.25) is 0 Å². The van der Waals surface area contributed by atoms with E-state index in [0.29, 0.717) is 12.0 Å². The Labute approximate surface area is 136 Å². The van der Waals surface area contributed by atoms with Crippen molar-refractivity contribution in [2.24, 2.45) is 0 Å². The van der Waals surface area contributed by atoms with Crippen LogP contribution in [0.1, 0.15) is 16.8 Å². The molecule has 0 radical (unpaired) electrons. The van der Waals surface area contributed by atoms with Gasteiger partial charge in [-0.2, -0.15) is 0 Å². The number of carbonyl (C=O) groups is 1. The largest absolute Gasteiger partial charge is 0.378 e. The van der Waals surface area contributed by atoms with Gasteiger partial charge in [-0.15, -0.1) is 0 Å². The standard InChI is InChI=1S/C18H22N2O3/c1-19-8-10-20(11-9-19)14-4-2-13(3-5-14)17(21)18(22)12-15-6-7-16(18)23-15/h2-7,15-16,22H,8-12H2,1H3. The molecule has 0 spiro atoms. The van der Waals surface area contributed by atoms with Crippen LogP contribution in [0.4, 0.5) is 5.69 Å². The number of hydrogen-bond acceptors (Lipinski definition) is 5. The van der Waals surface area contributed by atoms with Gasteiger partial charge >= 0.3 is 0 Å². The average molecular weight is 314 g/mol. The van der Waals surface area contributed by atoms with Crippen molar-refractivity contribution < 1.29 is 14.6 Å². The maximum atomic E-state index is 12.7. The number of ketones is 1. The number of piperazine rings is 1. The Morgan fingerprint density at radius 2 is 1.87 bits per heavy atom. The number of fused-ring (bicyclic) bond motifs is 2. The summed E-state index contributed by atoms with van der Waals surface area (Å²) in [5.74, 6) is -0.237. The average Bonchev–Trinajstić information content (AvgIpc) is 3.16. The zero-order chi connectivity index (χ0) is 16.0. The van der Waals surface area contributed by atoms with E-state index in [2.05, 4.69) is 16.8 Å². The monoisotopic (exact) mass is 314 g/mol. The molecule has 3 unspecified atom stereocenters. The predicted octanol–water partition coefficient (Wildman–Crippen LogP) is 1.08. The molecule has 5 heteroatoms. The van der Waals surface area contributed by atoms with E-state index in [-0.39, 0.29) is 11.9 Å². The molecule has 1 N–H and O–H groups in total. The first-order chi connectivity index (χ1) is 11.1. The molecule has 4 rings (SSSR count). The summed E-state index contributed by atoms with van der Waals surface area (Å²) in [6, 6.07) is 7.60. The highest BCUT2D eigenvalue weighted by atomic mass is 16.5. The van der Waals surface area contributed by atoms with E-state index in [4.69, 9.17) is 4.74 Å². The number of hydrogen-bond donors (Lipinski definition) is 1. The second-order valence-corrected chi connectivity index (χ2v) is 6.77. The third-order valence-corrected chi connectivity index (χ3v) is 5.20. The van der Waals surface area contributed by atoms with E-state index in [0.717, 1.165) is 31.9 Å². The van der Waals surface area contributed by atoms with Gasteiger partial charge in [-0.1, -0.05) is 12.2 Å². The van der Waals surface area contributed by atoms with Crippen LogP contribution in [-0.2, 0) is 4.74 Å². The van der Waals surface area contributed by atoms with E-state index >= 15 is 0 Å². The fourth-order valence-electron chi connectivity index (χ4n) is 3.67. The molecule has 1 aromatic rings. The molecule has 3 heterocycles. The minimum absolute atomic E-state index is 0.126. The molecule has 3 atom stereocenters. The van der Waals surface area contributed by atoms with Crippen LogP contribution in [0.25, 0.3) is 0 Å². The van der Waals surface area contributed by atoms with Crippen LogP contribution in [0.3, 0.4) is 0 Å². The maximum absolute atomic E-state index is 12.7. The fourth-order valence-corrected chi connectivity index (χ4v) is 3.67. The highest BCUT2D eigenvalue weighted by molar-refractivity contribution is 6.03. The molecule has 0 amide bonds. The summed E-state index contributed by atoms with van der Waals surface area (Å²) in [7, 11) is 2.13. The zero-order valence-electron chi connectivity index (χ0n) is 13.3. The maximum Gasteiger partial charge on any atom is 0.197 e. The van der Waals surface area contributed by atoms with Gasteiger partial charge in [0, 0.05) is 43.9 Å². The van der Waals surface area contributed by atoms with Crippen molar-refractivity contribution in [1.29, 1.82) is 0 Å². The minimum atomic E-state index is -1.41. The van der Waals surface area contributed by atoms with E-state index in [9.17, 15) is 9.90 Å². The van der Waals surface area contributed by atoms with Crippen LogP contribution in [-0.4, -0.2) is 66.8 Å². The minimum Gasteiger partial charge on any atom is -0.378 e. The molecule has 2 bridgehead atoms. The Balaban J connectivity index is 1.50. The number of aliphatic hydroxyl groups is 1. The lowest BCUT2D eigenvalue weighted by molar-refractivity contribution is 0.000123. The van der Waals surface area contributed by atoms with Crippen molar-refractivity contribution in [3.05, 3.63) is 42.0 Å². The molecule has 3 aliphatic heterocycles. The van der Waals surface area contributed by atoms with Gasteiger partial charge in [0.2, 0.25) is 0 Å². The third-order valence-electron chi connectivity index (χ3n) is 5.20. The normalized spacial score (nSPS) is 33.4. The first-order valence-corrected chi connectivity index (χ1v) is 8.21. The van der Waals surface area contributed by atoms with Gasteiger partial charge in [0.15, 0.2) is 11.4 Å². The summed E-state index contributed by atoms with van der Waals surface area (Å²) in [5, 5.41) is 10.7. The van der Waals surface area contributed by atoms with Gasteiger partial charge in [-0.25, -0.2) is 0 Å². The number of anilines is 1. The van der Waals surface area contributed by atoms with E-state index < -0.39 is 11.7 Å². The molecule has 3 aliphatic rings. The van der Waals surface area contributed by atoms with Crippen molar-refractivity contribution >= 4 is 11.5 Å². The number of ether oxygens (including phenoxy) is 1. The summed E-state index contributed by atoms with van der Waals surface area (Å²) in [6.45, 7) is 4.09. The number of likely N-dealkylation sites (N-methyl/N-ethyl adjacent to an activating group) is 1. The predicted molar refractivity (Wildman–Crippen MR) is 87.9 cm³/mol. The Kier molecular flexibility index (Phi) is 3.52. The summed E-state index contributed by atoms with van der Waals surface area (Å²) in [6.07, 6.45) is 3.44. The molecular weight excluding hydrogens is 292 g/mol. The lowest BCUT2D eigenvalue weighted by Gasteiger charge is -2.34. The topological polar surface area (TPSA) is 53.0 Å². The van der Waals surface area contributed by atoms with Crippen LogP contribution in [0, 0.1) is 0 Å². The van der Waals surface area contributed by atoms with Gasteiger partial charge < -0.3 is 19.6 Å². The summed E-state index contributed by atoms with van der Waals surface area (Å²) in [5.41, 5.74) is 0.273. The molecule has 23 heavy (non-hydrogen) atoms. The van der Waals surface area contributed by atoms with Gasteiger partial charge in [0.05, 0.1) is 6.10 Å². The molecule has 2 saturated heterocycles. The number of carbonyl (C=O) groups excluding carboxylic acids is 1. The number of benzene rings is 1. The van der Waals surface area contributed by atoms with Crippen molar-refractivity contribution in [1.82, 2.24) is 4.90 Å². The second kappa shape index (κ2) is 5.44. The van der Waals surface area contributed by atoms with Crippen LogP contribution >= 0.6 is 0 Å². The third kappa shape index (κ3) is 2.49. The van der Waals surface area contributed by atoms with Crippen molar-refractivity contribution in [2.45, 2.75) is 24.2 Å². The zero-order valence-corrected chi connectivity index (χ0v) is 13.3. The van der Waals surface area contributed by atoms with Crippen molar-refractivity contribution in [2.75, 3.05) is 38.1 Å². The van der Waals surface area contributed by atoms with Crippen LogP contribution in [0.5, 0.6) is 0 Å². The SMILES string of the molecule is CN1CCN(c2ccc(C(=O)C3(O)CC4C=CC3O4)cc2)CC1. The Morgan fingerprint density at radius 1 is 1.17 bits per heavy atom. The highest BCUT2D eigenvalue weighted by Gasteiger charge is 2.53. The molecule has 122 valence electrons. The highest BCUT2D eigenvalue weighted by Crippen LogP contribution is 2.39. The van der Waals surface area contributed by atoms with E-state index in [1.165, 1.54) is 0 Å². The number of rotatable bonds is 3. The Bertz CT molecular complexity index is 634. The van der Waals surface area contributed by atoms with Crippen molar-refractivity contribution in [3.63, 3.8) is 0 Å². The fraction of sp³-hybridized carbons (Fsp3) is 0.500. The Hall–Kier alpha value is -1.69. The summed E-state index contributed by atoms with van der Waals surface area (Å²) >= 11 is 0. The van der Waals surface area contributed by atoms with Crippen LogP contribution < -0.4 is 4.90 Å². The summed E-state index contributed by atoms with van der Waals surface area (Å²) in [4.78, 5) is 17.3. The van der Waals surface area contributed by atoms with Crippen LogP contribution in [0.15, 0.2) is 36.4 Å². The summed E-state index contributed by atoms with van der Waals surface area (Å²) < 4.78 is 5.56. The van der Waals surface area contributed by atoms with Gasteiger partial charge in [-0.3, -0.25) is 4.79 Å². The van der Waals surface area contributed by atoms with Gasteiger partial charge in [0.25, 0.3) is 0 Å². The molecule has 0 aromatic heterocycles. The first kappa shape index (κ1) is 14.9. The molecule has 1 aromatic carbocycles. The molecule has 0 aliphatic carbocycles. The lowest BCUT2D eigenvalue weighted by atomic mass is 9.82. The van der Waals surface area contributed by atoms with Crippen molar-refractivity contribution in [3.8, 4) is 0 Å². The molecule has 0 saturated carbocycles. The molecule has 2 fully saturated rings. The molecule has 5 nitrogen and oxygen atoms in total. The second-order valence-electron chi connectivity index (χ2n) is 6.77. The first-order valence-electron chi connectivity index (χ1n) is 8.21. The van der Waals surface area contributed by atoms with E-state index in [1.807, 2.05) is 30.3 Å². The Morgan fingerprint density at radius 3 is 2.43 bits per heavy atom. The van der Waals surface area contributed by atoms with Gasteiger partial charge in [-0.05, 0) is 31.3 Å². The smallest absolute Gasteiger partial charge is 0.197 e. The number of nitrogens with zero attached hydrogens (tertiary/aromatic N) is 2. The molecular formula is C18H22N2O3. The number of Topliss-reactive ketones (excluding diaryl/α,β-unsaturated/α-hetero) is 1. The van der Waals surface area contributed by atoms with E-state index in [1.54, 1.807) is 6.08 Å². The van der Waals surface area contributed by atoms with Gasteiger partial charge in [0.1, 0.15) is 6.10 Å².